The number of anilines is 1. The van der Waals surface area contributed by atoms with Gasteiger partial charge in [0.1, 0.15) is 5.82 Å². The molecule has 0 N–H and O–H groups in total. The molecule has 1 aromatic rings. The Morgan fingerprint density at radius 1 is 1.28 bits per heavy atom. The van der Waals surface area contributed by atoms with Crippen LogP contribution in [0.2, 0.25) is 0 Å². The van der Waals surface area contributed by atoms with Gasteiger partial charge < -0.3 is 14.4 Å². The molecule has 0 bridgehead atoms. The minimum absolute atomic E-state index is 0.0120. The number of hydrogen-bond acceptors (Lipinski definition) is 5. The molecule has 0 saturated carbocycles. The van der Waals surface area contributed by atoms with Crippen LogP contribution >= 0.6 is 0 Å². The predicted octanol–water partition coefficient (Wildman–Crippen LogP) is 1.38. The van der Waals surface area contributed by atoms with Crippen LogP contribution in [0.3, 0.4) is 0 Å². The van der Waals surface area contributed by atoms with Crippen LogP contribution in [-0.2, 0) is 9.47 Å². The zero-order valence-corrected chi connectivity index (χ0v) is 11.2. The van der Waals surface area contributed by atoms with Crippen molar-refractivity contribution in [2.45, 2.75) is 6.92 Å². The first-order chi connectivity index (χ1) is 8.70. The Kier molecular flexibility index (Phi) is 6.32. The molecule has 5 heteroatoms. The fourth-order valence-corrected chi connectivity index (χ4v) is 1.65. The van der Waals surface area contributed by atoms with E-state index in [2.05, 4.69) is 4.98 Å². The van der Waals surface area contributed by atoms with Gasteiger partial charge in [-0.15, -0.1) is 0 Å². The molecule has 0 spiro atoms. The maximum Gasteiger partial charge on any atom is 0.163 e. The molecule has 0 radical (unpaired) electrons. The number of Topliss-reactive ketones (excluding diaryl/α,β-unsaturated/α-hetero) is 1. The van der Waals surface area contributed by atoms with Crippen molar-refractivity contribution in [3.8, 4) is 0 Å². The van der Waals surface area contributed by atoms with E-state index in [1.807, 2.05) is 4.90 Å². The SMILES string of the molecule is COCCN(CCOC)c1ncccc1C(C)=O. The zero-order valence-electron chi connectivity index (χ0n) is 11.2. The second-order valence-corrected chi connectivity index (χ2v) is 3.90. The number of ketones is 1. The first-order valence-corrected chi connectivity index (χ1v) is 5.89. The molecule has 0 fully saturated rings. The molecule has 0 amide bonds. The normalized spacial score (nSPS) is 10.4. The highest BCUT2D eigenvalue weighted by Crippen LogP contribution is 2.17. The molecule has 0 saturated heterocycles. The summed E-state index contributed by atoms with van der Waals surface area (Å²) in [5, 5.41) is 0. The van der Waals surface area contributed by atoms with E-state index in [0.717, 1.165) is 0 Å². The summed E-state index contributed by atoms with van der Waals surface area (Å²) in [5.41, 5.74) is 0.629. The number of aromatic nitrogens is 1. The second-order valence-electron chi connectivity index (χ2n) is 3.90. The molecule has 0 aliphatic carbocycles. The zero-order chi connectivity index (χ0) is 13.4. The second kappa shape index (κ2) is 7.79. The molecule has 1 heterocycles. The van der Waals surface area contributed by atoms with Gasteiger partial charge in [-0.05, 0) is 19.1 Å². The third kappa shape index (κ3) is 4.09. The van der Waals surface area contributed by atoms with Crippen molar-refractivity contribution in [2.75, 3.05) is 45.4 Å². The van der Waals surface area contributed by atoms with Crippen molar-refractivity contribution in [3.63, 3.8) is 0 Å². The maximum absolute atomic E-state index is 11.6. The van der Waals surface area contributed by atoms with Gasteiger partial charge in [0.05, 0.1) is 18.8 Å². The fourth-order valence-electron chi connectivity index (χ4n) is 1.65. The van der Waals surface area contributed by atoms with Gasteiger partial charge >= 0.3 is 0 Å². The molecule has 1 rings (SSSR count). The van der Waals surface area contributed by atoms with E-state index >= 15 is 0 Å². The van der Waals surface area contributed by atoms with Gasteiger partial charge in [0.15, 0.2) is 5.78 Å². The summed E-state index contributed by atoms with van der Waals surface area (Å²) in [4.78, 5) is 17.9. The number of pyridine rings is 1. The smallest absolute Gasteiger partial charge is 0.163 e. The lowest BCUT2D eigenvalue weighted by molar-refractivity contribution is 0.101. The lowest BCUT2D eigenvalue weighted by Crippen LogP contribution is -2.32. The molecule has 0 aromatic carbocycles. The van der Waals surface area contributed by atoms with E-state index in [-0.39, 0.29) is 5.78 Å². The minimum Gasteiger partial charge on any atom is -0.383 e. The molecule has 0 aliphatic heterocycles. The number of carbonyl (C=O) groups excluding carboxylic acids is 1. The van der Waals surface area contributed by atoms with Crippen molar-refractivity contribution in [1.82, 2.24) is 4.98 Å². The summed E-state index contributed by atoms with van der Waals surface area (Å²) >= 11 is 0. The minimum atomic E-state index is 0.0120. The highest BCUT2D eigenvalue weighted by Gasteiger charge is 2.14. The summed E-state index contributed by atoms with van der Waals surface area (Å²) in [5.74, 6) is 0.706. The third-order valence-electron chi connectivity index (χ3n) is 2.60. The summed E-state index contributed by atoms with van der Waals surface area (Å²) in [6, 6.07) is 3.56. The van der Waals surface area contributed by atoms with Crippen LogP contribution in [0.15, 0.2) is 18.3 Å². The van der Waals surface area contributed by atoms with Crippen LogP contribution in [0, 0.1) is 0 Å². The van der Waals surface area contributed by atoms with E-state index in [4.69, 9.17) is 9.47 Å². The average Bonchev–Trinajstić information content (AvgIpc) is 2.39. The highest BCUT2D eigenvalue weighted by atomic mass is 16.5. The summed E-state index contributed by atoms with van der Waals surface area (Å²) in [7, 11) is 3.30. The molecular formula is C13H20N2O3. The first kappa shape index (κ1) is 14.6. The van der Waals surface area contributed by atoms with Gasteiger partial charge in [-0.2, -0.15) is 0 Å². The Bertz CT molecular complexity index is 374. The number of ether oxygens (including phenoxy) is 2. The van der Waals surface area contributed by atoms with Crippen molar-refractivity contribution in [2.24, 2.45) is 0 Å². The van der Waals surface area contributed by atoms with Crippen molar-refractivity contribution in [1.29, 1.82) is 0 Å². The van der Waals surface area contributed by atoms with Gasteiger partial charge in [-0.25, -0.2) is 4.98 Å². The van der Waals surface area contributed by atoms with E-state index in [1.165, 1.54) is 0 Å². The molecule has 5 nitrogen and oxygen atoms in total. The number of nitrogens with zero attached hydrogens (tertiary/aromatic N) is 2. The monoisotopic (exact) mass is 252 g/mol. The van der Waals surface area contributed by atoms with Gasteiger partial charge in [0.25, 0.3) is 0 Å². The fraction of sp³-hybridized carbons (Fsp3) is 0.538. The van der Waals surface area contributed by atoms with E-state index in [9.17, 15) is 4.79 Å². The Morgan fingerprint density at radius 2 is 1.89 bits per heavy atom. The van der Waals surface area contributed by atoms with Crippen LogP contribution in [-0.4, -0.2) is 51.3 Å². The van der Waals surface area contributed by atoms with Crippen LogP contribution in [0.25, 0.3) is 0 Å². The molecular weight excluding hydrogens is 232 g/mol. The number of carbonyl (C=O) groups is 1. The number of methoxy groups -OCH3 is 2. The lowest BCUT2D eigenvalue weighted by atomic mass is 10.2. The Balaban J connectivity index is 2.92. The third-order valence-corrected chi connectivity index (χ3v) is 2.60. The van der Waals surface area contributed by atoms with Gasteiger partial charge in [0.2, 0.25) is 0 Å². The van der Waals surface area contributed by atoms with Crippen molar-refractivity contribution in [3.05, 3.63) is 23.9 Å². The quantitative estimate of drug-likeness (QED) is 0.654. The van der Waals surface area contributed by atoms with Crippen molar-refractivity contribution < 1.29 is 14.3 Å². The first-order valence-electron chi connectivity index (χ1n) is 5.89. The number of rotatable bonds is 8. The van der Waals surface area contributed by atoms with E-state index in [0.29, 0.717) is 37.7 Å². The topological polar surface area (TPSA) is 51.7 Å². The summed E-state index contributed by atoms with van der Waals surface area (Å²) in [6.45, 7) is 4.06. The van der Waals surface area contributed by atoms with Crippen LogP contribution in [0.5, 0.6) is 0 Å². The van der Waals surface area contributed by atoms with E-state index < -0.39 is 0 Å². The molecule has 18 heavy (non-hydrogen) atoms. The highest BCUT2D eigenvalue weighted by molar-refractivity contribution is 5.98. The van der Waals surface area contributed by atoms with Gasteiger partial charge in [0, 0.05) is 33.5 Å². The van der Waals surface area contributed by atoms with Crippen LogP contribution in [0.4, 0.5) is 5.82 Å². The molecule has 100 valence electrons. The number of hydrogen-bond donors (Lipinski definition) is 0. The van der Waals surface area contributed by atoms with Gasteiger partial charge in [-0.3, -0.25) is 4.79 Å². The van der Waals surface area contributed by atoms with Crippen molar-refractivity contribution >= 4 is 11.6 Å². The van der Waals surface area contributed by atoms with Crippen LogP contribution < -0.4 is 4.90 Å². The Morgan fingerprint density at radius 3 is 2.39 bits per heavy atom. The Labute approximate surface area is 108 Å². The van der Waals surface area contributed by atoms with Gasteiger partial charge in [-0.1, -0.05) is 0 Å². The molecule has 1 aromatic heterocycles. The average molecular weight is 252 g/mol. The summed E-state index contributed by atoms with van der Waals surface area (Å²) in [6.07, 6.45) is 1.69. The summed E-state index contributed by atoms with van der Waals surface area (Å²) < 4.78 is 10.2. The Hall–Kier alpha value is -1.46. The largest absolute Gasteiger partial charge is 0.383 e. The van der Waals surface area contributed by atoms with E-state index in [1.54, 1.807) is 39.5 Å². The maximum atomic E-state index is 11.6. The standard InChI is InChI=1S/C13H20N2O3/c1-11(16)12-5-4-6-14-13(12)15(7-9-17-2)8-10-18-3/h4-6H,7-10H2,1-3H3. The predicted molar refractivity (Wildman–Crippen MR) is 70.2 cm³/mol. The molecule has 0 unspecified atom stereocenters. The molecule has 0 aliphatic rings. The van der Waals surface area contributed by atoms with Crippen LogP contribution in [0.1, 0.15) is 17.3 Å². The lowest BCUT2D eigenvalue weighted by Gasteiger charge is -2.24. The molecule has 0 atom stereocenters.